The molecule has 3 aromatic carbocycles. The van der Waals surface area contributed by atoms with Gasteiger partial charge < -0.3 is 9.67 Å². The average Bonchev–Trinajstić information content (AvgIpc) is 3.08. The van der Waals surface area contributed by atoms with Crippen molar-refractivity contribution in [3.05, 3.63) is 89.4 Å². The first kappa shape index (κ1) is 18.7. The van der Waals surface area contributed by atoms with Crippen LogP contribution in [0.3, 0.4) is 0 Å². The molecule has 140 valence electrons. The van der Waals surface area contributed by atoms with Crippen LogP contribution in [0, 0.1) is 0 Å². The van der Waals surface area contributed by atoms with Crippen LogP contribution in [0.1, 0.15) is 6.92 Å². The molecule has 1 N–H and O–H groups in total. The number of aliphatic hydroxyl groups is 1. The topological polar surface area (TPSA) is 38.0 Å². The number of aromatic nitrogens is 2. The van der Waals surface area contributed by atoms with Gasteiger partial charge in [0, 0.05) is 21.2 Å². The van der Waals surface area contributed by atoms with Crippen LogP contribution in [0.5, 0.6) is 0 Å². The van der Waals surface area contributed by atoms with E-state index < -0.39 is 6.10 Å². The van der Waals surface area contributed by atoms with Crippen molar-refractivity contribution >= 4 is 15.9 Å². The number of imidazole rings is 1. The predicted molar refractivity (Wildman–Crippen MR) is 118 cm³/mol. The molecule has 4 heteroatoms. The van der Waals surface area contributed by atoms with E-state index in [0.29, 0.717) is 6.54 Å². The molecular formula is C24H21BrN2O. The number of halogens is 1. The first-order valence-electron chi connectivity index (χ1n) is 9.29. The number of rotatable bonds is 5. The fourth-order valence-electron chi connectivity index (χ4n) is 3.40. The predicted octanol–water partition coefficient (Wildman–Crippen LogP) is 6.03. The van der Waals surface area contributed by atoms with Gasteiger partial charge in [-0.25, -0.2) is 4.98 Å². The molecule has 0 aliphatic rings. The zero-order chi connectivity index (χ0) is 19.5. The number of nitrogens with zero attached hydrogens (tertiary/aromatic N) is 2. The second kappa shape index (κ2) is 8.13. The van der Waals surface area contributed by atoms with Crippen molar-refractivity contribution in [1.29, 1.82) is 0 Å². The first-order chi connectivity index (χ1) is 13.6. The second-order valence-corrected chi connectivity index (χ2v) is 7.75. The van der Waals surface area contributed by atoms with E-state index in [9.17, 15) is 5.11 Å². The van der Waals surface area contributed by atoms with Crippen molar-refractivity contribution in [2.45, 2.75) is 19.6 Å². The zero-order valence-electron chi connectivity index (χ0n) is 15.6. The summed E-state index contributed by atoms with van der Waals surface area (Å²) in [4.78, 5) is 5.05. The molecule has 0 bridgehead atoms. The monoisotopic (exact) mass is 432 g/mol. The molecular weight excluding hydrogens is 412 g/mol. The van der Waals surface area contributed by atoms with Crippen LogP contribution < -0.4 is 0 Å². The fraction of sp³-hybridized carbons (Fsp3) is 0.125. The molecule has 4 aromatic rings. The standard InChI is InChI=1S/C24H21BrN2O/c1-17(28)16-27-23(19-10-6-3-7-11-19)22(18-8-4-2-5-9-18)26-24(27)20-12-14-21(25)15-13-20/h2-15,17,28H,16H2,1H3. The SMILES string of the molecule is CC(O)Cn1c(-c2ccc(Br)cc2)nc(-c2ccccc2)c1-c1ccccc1. The minimum Gasteiger partial charge on any atom is -0.392 e. The molecule has 1 aromatic heterocycles. The maximum Gasteiger partial charge on any atom is 0.141 e. The Labute approximate surface area is 173 Å². The lowest BCUT2D eigenvalue weighted by atomic mass is 10.0. The summed E-state index contributed by atoms with van der Waals surface area (Å²) in [6.45, 7) is 2.28. The largest absolute Gasteiger partial charge is 0.392 e. The van der Waals surface area contributed by atoms with Gasteiger partial charge in [-0.3, -0.25) is 0 Å². The van der Waals surface area contributed by atoms with Crippen molar-refractivity contribution < 1.29 is 5.11 Å². The lowest BCUT2D eigenvalue weighted by Crippen LogP contribution is -2.14. The summed E-state index contributed by atoms with van der Waals surface area (Å²) >= 11 is 3.50. The van der Waals surface area contributed by atoms with Gasteiger partial charge >= 0.3 is 0 Å². The van der Waals surface area contributed by atoms with E-state index in [1.807, 2.05) is 55.5 Å². The number of aliphatic hydroxyl groups excluding tert-OH is 1. The van der Waals surface area contributed by atoms with Crippen LogP contribution in [0.2, 0.25) is 0 Å². The molecule has 0 amide bonds. The summed E-state index contributed by atoms with van der Waals surface area (Å²) in [7, 11) is 0. The molecule has 0 fully saturated rings. The minimum absolute atomic E-state index is 0.468. The van der Waals surface area contributed by atoms with Gasteiger partial charge in [-0.15, -0.1) is 0 Å². The third-order valence-electron chi connectivity index (χ3n) is 4.61. The molecule has 0 saturated carbocycles. The summed E-state index contributed by atoms with van der Waals surface area (Å²) in [5, 5.41) is 10.2. The molecule has 0 aliphatic heterocycles. The lowest BCUT2D eigenvalue weighted by molar-refractivity contribution is 0.174. The Morgan fingerprint density at radius 1 is 0.821 bits per heavy atom. The van der Waals surface area contributed by atoms with Crippen molar-refractivity contribution in [3.63, 3.8) is 0 Å². The normalized spacial score (nSPS) is 12.1. The van der Waals surface area contributed by atoms with Crippen LogP contribution >= 0.6 is 15.9 Å². The number of hydrogen-bond donors (Lipinski definition) is 1. The van der Waals surface area contributed by atoms with Gasteiger partial charge in [-0.05, 0) is 19.1 Å². The number of benzene rings is 3. The van der Waals surface area contributed by atoms with E-state index >= 15 is 0 Å². The third-order valence-corrected chi connectivity index (χ3v) is 5.14. The first-order valence-corrected chi connectivity index (χ1v) is 10.1. The lowest BCUT2D eigenvalue weighted by Gasteiger charge is -2.15. The summed E-state index contributed by atoms with van der Waals surface area (Å²) in [5.74, 6) is 0.853. The van der Waals surface area contributed by atoms with Gasteiger partial charge in [0.25, 0.3) is 0 Å². The van der Waals surface area contributed by atoms with Crippen molar-refractivity contribution in [3.8, 4) is 33.9 Å². The van der Waals surface area contributed by atoms with Gasteiger partial charge in [-0.1, -0.05) is 88.7 Å². The molecule has 1 unspecified atom stereocenters. The summed E-state index contributed by atoms with van der Waals surface area (Å²) in [6, 6.07) is 28.6. The van der Waals surface area contributed by atoms with Gasteiger partial charge in [0.15, 0.2) is 0 Å². The molecule has 0 aliphatic carbocycles. The van der Waals surface area contributed by atoms with Crippen molar-refractivity contribution in [2.75, 3.05) is 0 Å². The Bertz CT molecular complexity index is 1060. The van der Waals surface area contributed by atoms with Gasteiger partial charge in [0.1, 0.15) is 5.82 Å². The zero-order valence-corrected chi connectivity index (χ0v) is 17.2. The van der Waals surface area contributed by atoms with Crippen LogP contribution in [0.25, 0.3) is 33.9 Å². The summed E-state index contributed by atoms with van der Waals surface area (Å²) < 4.78 is 3.16. The molecule has 3 nitrogen and oxygen atoms in total. The molecule has 28 heavy (non-hydrogen) atoms. The maximum atomic E-state index is 10.2. The van der Waals surface area contributed by atoms with Crippen LogP contribution in [0.4, 0.5) is 0 Å². The van der Waals surface area contributed by atoms with Crippen LogP contribution in [-0.4, -0.2) is 20.8 Å². The molecule has 1 heterocycles. The fourth-order valence-corrected chi connectivity index (χ4v) is 3.66. The van der Waals surface area contributed by atoms with Gasteiger partial charge in [-0.2, -0.15) is 0 Å². The second-order valence-electron chi connectivity index (χ2n) is 6.83. The van der Waals surface area contributed by atoms with Crippen LogP contribution in [0.15, 0.2) is 89.4 Å². The Hall–Kier alpha value is -2.69. The van der Waals surface area contributed by atoms with E-state index in [1.165, 1.54) is 0 Å². The average molecular weight is 433 g/mol. The van der Waals surface area contributed by atoms with E-state index in [-0.39, 0.29) is 0 Å². The highest BCUT2D eigenvalue weighted by atomic mass is 79.9. The van der Waals surface area contributed by atoms with E-state index in [4.69, 9.17) is 4.98 Å². The maximum absolute atomic E-state index is 10.2. The highest BCUT2D eigenvalue weighted by Crippen LogP contribution is 2.36. The summed E-state index contributed by atoms with van der Waals surface area (Å²) in [5.41, 5.74) is 5.10. The highest BCUT2D eigenvalue weighted by Gasteiger charge is 2.21. The molecule has 4 rings (SSSR count). The van der Waals surface area contributed by atoms with Crippen molar-refractivity contribution in [2.24, 2.45) is 0 Å². The summed E-state index contributed by atoms with van der Waals surface area (Å²) in [6.07, 6.45) is -0.491. The third kappa shape index (κ3) is 3.79. The highest BCUT2D eigenvalue weighted by molar-refractivity contribution is 9.10. The quantitative estimate of drug-likeness (QED) is 0.418. The van der Waals surface area contributed by atoms with Crippen molar-refractivity contribution in [1.82, 2.24) is 9.55 Å². The van der Waals surface area contributed by atoms with Gasteiger partial charge in [0.05, 0.1) is 24.0 Å². The molecule has 0 radical (unpaired) electrons. The van der Waals surface area contributed by atoms with Gasteiger partial charge in [0.2, 0.25) is 0 Å². The molecule has 0 spiro atoms. The Balaban J connectivity index is 2.01. The van der Waals surface area contributed by atoms with Crippen LogP contribution in [-0.2, 0) is 6.54 Å². The van der Waals surface area contributed by atoms with E-state index in [2.05, 4.69) is 56.9 Å². The van der Waals surface area contributed by atoms with E-state index in [1.54, 1.807) is 0 Å². The molecule has 1 atom stereocenters. The Morgan fingerprint density at radius 2 is 1.39 bits per heavy atom. The van der Waals surface area contributed by atoms with E-state index in [0.717, 1.165) is 38.4 Å². The molecule has 0 saturated heterocycles. The Kier molecular flexibility index (Phi) is 5.42. The Morgan fingerprint density at radius 3 is 1.96 bits per heavy atom. The number of hydrogen-bond acceptors (Lipinski definition) is 2. The minimum atomic E-state index is -0.491. The smallest absolute Gasteiger partial charge is 0.141 e.